The number of amides is 5. The molecule has 1 aromatic heterocycles. The molecule has 0 bridgehead atoms. The molecule has 0 fully saturated rings. The van der Waals surface area contributed by atoms with Gasteiger partial charge in [-0.1, -0.05) is 37.1 Å². The molecule has 22 heteroatoms. The Balaban J connectivity index is 0.929. The molecule has 78 heavy (non-hydrogen) atoms. The SMILES string of the molecule is O=C(O)CC[C@H](NC(=O)N[C@@H](CCCCNC(=O)CCCCCCC(=O)NC(CCCCNC(=O)Cc1cccc(C(=O)O)c1-c1c2ccc3cc(O)ccc3c2oc2c1ccc1cc(=O)ccc12)C(=O)O)C(=O)O)C(=O)O. The number of carboxylic acid groups (broad SMARTS) is 5. The number of rotatable bonds is 30. The first kappa shape index (κ1) is 58.2. The van der Waals surface area contributed by atoms with E-state index in [0.717, 1.165) is 0 Å². The maximum Gasteiger partial charge on any atom is 0.336 e. The second-order valence-electron chi connectivity index (χ2n) is 18.9. The molecular weight excluding hydrogens is 1010 g/mol. The molecule has 5 amide bonds. The van der Waals surface area contributed by atoms with Crippen molar-refractivity contribution < 1.29 is 78.2 Å². The molecule has 5 aromatic carbocycles. The van der Waals surface area contributed by atoms with Crippen LogP contribution in [-0.2, 0) is 40.0 Å². The van der Waals surface area contributed by atoms with Gasteiger partial charge < -0.3 is 61.6 Å². The number of nitrogens with one attached hydrogen (secondary N) is 5. The van der Waals surface area contributed by atoms with E-state index >= 15 is 0 Å². The lowest BCUT2D eigenvalue weighted by molar-refractivity contribution is -0.142. The minimum absolute atomic E-state index is 0.0182. The number of urea groups is 1. The van der Waals surface area contributed by atoms with Gasteiger partial charge in [-0.3, -0.25) is 24.0 Å². The minimum Gasteiger partial charge on any atom is -0.508 e. The number of phenols is 1. The number of carbonyl (C=O) groups is 9. The number of carboxylic acids is 5. The van der Waals surface area contributed by atoms with Crippen LogP contribution in [0.25, 0.3) is 54.6 Å². The summed E-state index contributed by atoms with van der Waals surface area (Å²) in [6.45, 7) is 0.404. The van der Waals surface area contributed by atoms with Gasteiger partial charge in [0.05, 0.1) is 12.0 Å². The van der Waals surface area contributed by atoms with Gasteiger partial charge in [0.25, 0.3) is 0 Å². The molecule has 412 valence electrons. The van der Waals surface area contributed by atoms with Crippen LogP contribution >= 0.6 is 0 Å². The van der Waals surface area contributed by atoms with Crippen LogP contribution in [0.5, 0.6) is 5.75 Å². The van der Waals surface area contributed by atoms with Crippen molar-refractivity contribution in [1.82, 2.24) is 26.6 Å². The summed E-state index contributed by atoms with van der Waals surface area (Å²) in [4.78, 5) is 122. The fourth-order valence-electron chi connectivity index (χ4n) is 9.23. The molecule has 0 saturated carbocycles. The third-order valence-corrected chi connectivity index (χ3v) is 13.1. The van der Waals surface area contributed by atoms with E-state index < -0.39 is 78.7 Å². The molecule has 3 atom stereocenters. The van der Waals surface area contributed by atoms with Gasteiger partial charge in [-0.05, 0) is 129 Å². The largest absolute Gasteiger partial charge is 0.508 e. The average molecular weight is 1080 g/mol. The Morgan fingerprint density at radius 3 is 1.59 bits per heavy atom. The predicted molar refractivity (Wildman–Crippen MR) is 285 cm³/mol. The maximum absolute atomic E-state index is 13.6. The van der Waals surface area contributed by atoms with Crippen LogP contribution in [0.15, 0.2) is 88.1 Å². The molecule has 1 unspecified atom stereocenters. The Morgan fingerprint density at radius 2 is 1.01 bits per heavy atom. The van der Waals surface area contributed by atoms with Crippen molar-refractivity contribution in [3.05, 3.63) is 100 Å². The molecule has 22 nitrogen and oxygen atoms in total. The number of unbranched alkanes of at least 4 members (excludes halogenated alkanes) is 5. The second kappa shape index (κ2) is 27.6. The lowest BCUT2D eigenvalue weighted by Gasteiger charge is -2.19. The molecule has 0 aliphatic carbocycles. The van der Waals surface area contributed by atoms with Crippen molar-refractivity contribution in [1.29, 1.82) is 0 Å². The van der Waals surface area contributed by atoms with Gasteiger partial charge >= 0.3 is 35.9 Å². The standard InChI is InChI=1S/C56H61N5O17/c62-34-18-22-36-31(28-34)16-20-38-49(39-21-17-32-29-35(63)19-23-37(32)51(39)78-50(36)38)48-33(10-9-11-40(48)52(69)70)30-46(66)58-27-8-5-12-41(53(71)72)59-45(65)15-4-2-1-3-14-44(64)57-26-7-6-13-42(54(73)74)60-56(77)61-43(55(75)76)24-25-47(67)68/h9-11,16-23,28-29,41-43,62H,1-8,12-15,24-27,30H2,(H,57,64)(H,58,66)(H,59,65)(H,67,68)(H,69,70)(H,71,72)(H,73,74)(H,75,76)(H2,60,61,77)/t41?,42-,43-/m0/s1. The van der Waals surface area contributed by atoms with Gasteiger partial charge in [-0.25, -0.2) is 24.0 Å². The highest BCUT2D eigenvalue weighted by molar-refractivity contribution is 6.21. The van der Waals surface area contributed by atoms with Gasteiger partial charge in [-0.15, -0.1) is 0 Å². The van der Waals surface area contributed by atoms with Crippen molar-refractivity contribution in [2.75, 3.05) is 13.1 Å². The first-order valence-electron chi connectivity index (χ1n) is 25.5. The first-order valence-corrected chi connectivity index (χ1v) is 25.5. The van der Waals surface area contributed by atoms with E-state index in [1.807, 2.05) is 0 Å². The zero-order chi connectivity index (χ0) is 56.5. The van der Waals surface area contributed by atoms with Crippen molar-refractivity contribution in [3.63, 3.8) is 0 Å². The molecule has 0 radical (unpaired) electrons. The second-order valence-corrected chi connectivity index (χ2v) is 18.9. The summed E-state index contributed by atoms with van der Waals surface area (Å²) in [6.07, 6.45) is 2.81. The van der Waals surface area contributed by atoms with E-state index in [-0.39, 0.29) is 67.8 Å². The van der Waals surface area contributed by atoms with Crippen LogP contribution in [0.3, 0.4) is 0 Å². The van der Waals surface area contributed by atoms with Crippen LogP contribution in [0.2, 0.25) is 0 Å². The quantitative estimate of drug-likeness (QED) is 0.0132. The predicted octanol–water partition coefficient (Wildman–Crippen LogP) is 6.42. The van der Waals surface area contributed by atoms with Crippen LogP contribution in [0, 0.1) is 0 Å². The Morgan fingerprint density at radius 1 is 0.487 bits per heavy atom. The van der Waals surface area contributed by atoms with Gasteiger partial charge in [0.1, 0.15) is 35.0 Å². The van der Waals surface area contributed by atoms with Crippen molar-refractivity contribution >= 4 is 97.1 Å². The molecule has 6 aromatic rings. The number of aromatic carboxylic acids is 1. The van der Waals surface area contributed by atoms with Crippen LogP contribution in [0.4, 0.5) is 4.79 Å². The number of benzene rings is 5. The minimum atomic E-state index is -1.53. The Kier molecular flexibility index (Phi) is 20.6. The summed E-state index contributed by atoms with van der Waals surface area (Å²) >= 11 is 0. The summed E-state index contributed by atoms with van der Waals surface area (Å²) in [5.41, 5.74) is 1.72. The van der Waals surface area contributed by atoms with Crippen molar-refractivity contribution in [3.8, 4) is 16.9 Å². The van der Waals surface area contributed by atoms with E-state index in [2.05, 4.69) is 26.6 Å². The molecular formula is C56H61N5O17. The smallest absolute Gasteiger partial charge is 0.336 e. The van der Waals surface area contributed by atoms with Gasteiger partial charge in [0.15, 0.2) is 5.43 Å². The van der Waals surface area contributed by atoms with Gasteiger partial charge in [0.2, 0.25) is 17.7 Å². The summed E-state index contributed by atoms with van der Waals surface area (Å²) < 4.78 is 6.63. The van der Waals surface area contributed by atoms with Crippen LogP contribution < -0.4 is 32.0 Å². The number of phenolic OH excluding ortho intramolecular Hbond substituents is 1. The van der Waals surface area contributed by atoms with Crippen LogP contribution in [0.1, 0.15) is 106 Å². The first-order chi connectivity index (χ1) is 37.3. The number of carbonyl (C=O) groups excluding carboxylic acids is 4. The zero-order valence-corrected chi connectivity index (χ0v) is 42.4. The molecule has 1 heterocycles. The number of aliphatic carboxylic acids is 4. The number of aromatic hydroxyl groups is 1. The van der Waals surface area contributed by atoms with Crippen LogP contribution in [-0.4, -0.2) is 115 Å². The lowest BCUT2D eigenvalue weighted by Crippen LogP contribution is -2.51. The van der Waals surface area contributed by atoms with E-state index in [9.17, 15) is 73.5 Å². The Hall–Kier alpha value is -9.08. The van der Waals surface area contributed by atoms with Crippen molar-refractivity contribution in [2.45, 2.75) is 114 Å². The highest BCUT2D eigenvalue weighted by Gasteiger charge is 2.27. The summed E-state index contributed by atoms with van der Waals surface area (Å²) in [7, 11) is 0. The van der Waals surface area contributed by atoms with Crippen molar-refractivity contribution in [2.24, 2.45) is 0 Å². The third kappa shape index (κ3) is 16.0. The molecule has 0 spiro atoms. The summed E-state index contributed by atoms with van der Waals surface area (Å²) in [5, 5.41) is 74.1. The van der Waals surface area contributed by atoms with Gasteiger partial charge in [0, 0.05) is 65.0 Å². The van der Waals surface area contributed by atoms with E-state index in [4.69, 9.17) is 9.52 Å². The normalized spacial score (nSPS) is 12.4. The topological polar surface area (TPSA) is 365 Å². The molecule has 6 rings (SSSR count). The molecule has 0 aliphatic heterocycles. The molecule has 11 N–H and O–H groups in total. The number of hydrogen-bond donors (Lipinski definition) is 11. The molecule has 0 aliphatic rings. The number of fused-ring (bicyclic) bond motifs is 6. The summed E-state index contributed by atoms with van der Waals surface area (Å²) in [5.74, 6) is -7.59. The average Bonchev–Trinajstić information content (AvgIpc) is 3.45. The zero-order valence-electron chi connectivity index (χ0n) is 42.4. The number of hydrogen-bond acceptors (Lipinski definition) is 12. The highest BCUT2D eigenvalue weighted by atomic mass is 16.4. The van der Waals surface area contributed by atoms with E-state index in [1.54, 1.807) is 54.6 Å². The monoisotopic (exact) mass is 1080 g/mol. The summed E-state index contributed by atoms with van der Waals surface area (Å²) in [6, 6.07) is 16.0. The van der Waals surface area contributed by atoms with Gasteiger partial charge in [-0.2, -0.15) is 0 Å². The molecule has 0 saturated heterocycles. The highest BCUT2D eigenvalue weighted by Crippen LogP contribution is 2.44. The Labute approximate surface area is 445 Å². The van der Waals surface area contributed by atoms with E-state index in [1.165, 1.54) is 24.3 Å². The fourth-order valence-corrected chi connectivity index (χ4v) is 9.23. The lowest BCUT2D eigenvalue weighted by atomic mass is 9.87. The Bertz CT molecular complexity index is 3320. The fraction of sp³-hybridized carbons (Fsp3) is 0.357. The van der Waals surface area contributed by atoms with E-state index in [0.29, 0.717) is 112 Å². The third-order valence-electron chi connectivity index (χ3n) is 13.1. The maximum atomic E-state index is 13.6.